The first-order chi connectivity index (χ1) is 19.5. The third-order valence-corrected chi connectivity index (χ3v) is 8.67. The fourth-order valence-electron chi connectivity index (χ4n) is 6.37. The number of aromatic nitrogens is 4. The van der Waals surface area contributed by atoms with Crippen LogP contribution < -0.4 is 25.6 Å². The van der Waals surface area contributed by atoms with Gasteiger partial charge < -0.3 is 30.0 Å². The first-order valence-electron chi connectivity index (χ1n) is 14.4. The zero-order chi connectivity index (χ0) is 27.8. The molecule has 11 heteroatoms. The van der Waals surface area contributed by atoms with Gasteiger partial charge in [0.15, 0.2) is 5.82 Å². The molecule has 2 fully saturated rings. The molecule has 6 rings (SSSR count). The Labute approximate surface area is 234 Å². The Morgan fingerprint density at radius 1 is 1.12 bits per heavy atom. The third kappa shape index (κ3) is 4.87. The average Bonchev–Trinajstić information content (AvgIpc) is 3.69. The van der Waals surface area contributed by atoms with Gasteiger partial charge in [-0.15, -0.1) is 10.2 Å². The SMILES string of the molecule is CC[C@@H]1C(=O)N(C)c2cnc(Nc3ccc(-c4nnc(C5CCC(N)CC5)o4)cc3OC)nc2N1C1CCCC1. The molecule has 0 saturated heterocycles. The van der Waals surface area contributed by atoms with Crippen molar-refractivity contribution in [1.82, 2.24) is 20.2 Å². The molecule has 40 heavy (non-hydrogen) atoms. The van der Waals surface area contributed by atoms with E-state index in [1.165, 1.54) is 12.8 Å². The van der Waals surface area contributed by atoms with Crippen LogP contribution in [0.4, 0.5) is 23.1 Å². The van der Waals surface area contributed by atoms with Crippen molar-refractivity contribution in [2.75, 3.05) is 29.3 Å². The number of hydrogen-bond acceptors (Lipinski definition) is 10. The molecule has 3 heterocycles. The summed E-state index contributed by atoms with van der Waals surface area (Å²) in [7, 11) is 3.43. The van der Waals surface area contributed by atoms with Gasteiger partial charge in [-0.25, -0.2) is 4.98 Å². The van der Waals surface area contributed by atoms with Crippen LogP contribution in [0.3, 0.4) is 0 Å². The molecule has 212 valence electrons. The highest BCUT2D eigenvalue weighted by molar-refractivity contribution is 6.04. The van der Waals surface area contributed by atoms with E-state index in [2.05, 4.69) is 32.3 Å². The lowest BCUT2D eigenvalue weighted by Crippen LogP contribution is -2.55. The van der Waals surface area contributed by atoms with Gasteiger partial charge >= 0.3 is 0 Å². The number of hydrogen-bond donors (Lipinski definition) is 2. The minimum atomic E-state index is -0.221. The molecule has 3 aliphatic rings. The Kier molecular flexibility index (Phi) is 7.31. The normalized spacial score (nSPS) is 23.4. The van der Waals surface area contributed by atoms with Crippen molar-refractivity contribution in [2.45, 2.75) is 88.8 Å². The third-order valence-electron chi connectivity index (χ3n) is 8.67. The van der Waals surface area contributed by atoms with Gasteiger partial charge in [-0.3, -0.25) is 4.79 Å². The summed E-state index contributed by atoms with van der Waals surface area (Å²) in [6, 6.07) is 6.05. The molecular formula is C29H38N8O3. The standard InChI is InChI=1S/C29H38N8O3/c1-4-22-28(38)36(2)23-16-31-29(33-25(23)37(22)20-7-5-6-8-20)32-21-14-11-18(15-24(21)39-3)27-35-34-26(40-27)17-9-12-19(30)13-10-17/h11,14-17,19-20,22H,4-10,12-13,30H2,1-3H3,(H,31,32,33)/t17?,19?,22-/m1/s1. The van der Waals surface area contributed by atoms with Crippen molar-refractivity contribution < 1.29 is 13.9 Å². The van der Waals surface area contributed by atoms with E-state index < -0.39 is 0 Å². The van der Waals surface area contributed by atoms with E-state index >= 15 is 0 Å². The van der Waals surface area contributed by atoms with Crippen LogP contribution in [0.15, 0.2) is 28.8 Å². The number of amides is 1. The highest BCUT2D eigenvalue weighted by atomic mass is 16.5. The van der Waals surface area contributed by atoms with Gasteiger partial charge in [0.1, 0.15) is 17.5 Å². The van der Waals surface area contributed by atoms with E-state index in [9.17, 15) is 4.79 Å². The van der Waals surface area contributed by atoms with Crippen molar-refractivity contribution in [2.24, 2.45) is 5.73 Å². The zero-order valence-corrected chi connectivity index (χ0v) is 23.5. The van der Waals surface area contributed by atoms with Crippen LogP contribution >= 0.6 is 0 Å². The number of carbonyl (C=O) groups excluding carboxylic acids is 1. The number of nitrogens with one attached hydrogen (secondary N) is 1. The molecule has 1 aliphatic heterocycles. The van der Waals surface area contributed by atoms with Gasteiger partial charge in [0.25, 0.3) is 0 Å². The Hall–Kier alpha value is -3.73. The number of likely N-dealkylation sites (N-methyl/N-ethyl adjacent to an activating group) is 1. The average molecular weight is 547 g/mol. The minimum absolute atomic E-state index is 0.0970. The molecule has 0 bridgehead atoms. The van der Waals surface area contributed by atoms with Crippen LogP contribution in [0, 0.1) is 0 Å². The number of methoxy groups -OCH3 is 1. The summed E-state index contributed by atoms with van der Waals surface area (Å²) in [5.41, 5.74) is 8.28. The fraction of sp³-hybridized carbons (Fsp3) is 0.552. The Bertz CT molecular complexity index is 1360. The molecule has 1 amide bonds. The van der Waals surface area contributed by atoms with E-state index in [4.69, 9.17) is 19.9 Å². The second-order valence-electron chi connectivity index (χ2n) is 11.2. The number of rotatable bonds is 7. The number of benzene rings is 1. The predicted octanol–water partition coefficient (Wildman–Crippen LogP) is 4.77. The maximum atomic E-state index is 13.2. The van der Waals surface area contributed by atoms with Gasteiger partial charge in [0.2, 0.25) is 23.6 Å². The van der Waals surface area contributed by atoms with E-state index in [-0.39, 0.29) is 23.9 Å². The summed E-state index contributed by atoms with van der Waals surface area (Å²) in [5.74, 6) is 3.34. The van der Waals surface area contributed by atoms with Crippen LogP contribution in [0.25, 0.3) is 11.5 Å². The highest BCUT2D eigenvalue weighted by Crippen LogP contribution is 2.41. The predicted molar refractivity (Wildman–Crippen MR) is 153 cm³/mol. The van der Waals surface area contributed by atoms with Gasteiger partial charge in [0.05, 0.1) is 19.0 Å². The maximum Gasteiger partial charge on any atom is 0.249 e. The van der Waals surface area contributed by atoms with Crippen LogP contribution in [0.2, 0.25) is 0 Å². The summed E-state index contributed by atoms with van der Waals surface area (Å²) in [6.45, 7) is 2.06. The first kappa shape index (κ1) is 26.5. The highest BCUT2D eigenvalue weighted by Gasteiger charge is 2.41. The number of nitrogens with two attached hydrogens (primary N) is 1. The molecule has 2 saturated carbocycles. The lowest BCUT2D eigenvalue weighted by atomic mass is 9.86. The van der Waals surface area contributed by atoms with Crippen LogP contribution in [0.5, 0.6) is 5.75 Å². The maximum absolute atomic E-state index is 13.2. The summed E-state index contributed by atoms with van der Waals surface area (Å²) in [6.07, 6.45) is 10.8. The van der Waals surface area contributed by atoms with Crippen molar-refractivity contribution >= 4 is 29.0 Å². The smallest absolute Gasteiger partial charge is 0.249 e. The lowest BCUT2D eigenvalue weighted by Gasteiger charge is -2.43. The molecule has 1 aromatic carbocycles. The molecular weight excluding hydrogens is 508 g/mol. The Morgan fingerprint density at radius 2 is 1.90 bits per heavy atom. The van der Waals surface area contributed by atoms with Crippen LogP contribution in [0.1, 0.15) is 76.5 Å². The molecule has 3 aromatic rings. The van der Waals surface area contributed by atoms with Crippen LogP contribution in [-0.4, -0.2) is 58.4 Å². The molecule has 0 unspecified atom stereocenters. The molecule has 2 aromatic heterocycles. The van der Waals surface area contributed by atoms with Gasteiger partial charge in [-0.05, 0) is 63.1 Å². The zero-order valence-electron chi connectivity index (χ0n) is 23.5. The van der Waals surface area contributed by atoms with E-state index in [0.29, 0.717) is 35.2 Å². The van der Waals surface area contributed by atoms with Crippen molar-refractivity contribution in [1.29, 1.82) is 0 Å². The van der Waals surface area contributed by atoms with E-state index in [0.717, 1.165) is 62.0 Å². The summed E-state index contributed by atoms with van der Waals surface area (Å²) < 4.78 is 11.8. The molecule has 2 aliphatic carbocycles. The second kappa shape index (κ2) is 11.0. The summed E-state index contributed by atoms with van der Waals surface area (Å²) >= 11 is 0. The quantitative estimate of drug-likeness (QED) is 0.426. The van der Waals surface area contributed by atoms with Crippen molar-refractivity contribution in [3.63, 3.8) is 0 Å². The van der Waals surface area contributed by atoms with Crippen LogP contribution in [-0.2, 0) is 4.79 Å². The Balaban J connectivity index is 1.26. The molecule has 0 radical (unpaired) electrons. The molecule has 11 nitrogen and oxygen atoms in total. The number of fused-ring (bicyclic) bond motifs is 1. The van der Waals surface area contributed by atoms with Crippen molar-refractivity contribution in [3.8, 4) is 17.2 Å². The first-order valence-corrected chi connectivity index (χ1v) is 14.4. The molecule has 1 atom stereocenters. The van der Waals surface area contributed by atoms with E-state index in [1.54, 1.807) is 25.3 Å². The number of anilines is 4. The largest absolute Gasteiger partial charge is 0.495 e. The lowest BCUT2D eigenvalue weighted by molar-refractivity contribution is -0.120. The molecule has 0 spiro atoms. The van der Waals surface area contributed by atoms with Crippen molar-refractivity contribution in [3.05, 3.63) is 30.3 Å². The topological polar surface area (TPSA) is 136 Å². The fourth-order valence-corrected chi connectivity index (χ4v) is 6.37. The number of nitrogens with zero attached hydrogens (tertiary/aromatic N) is 6. The van der Waals surface area contributed by atoms with Gasteiger partial charge in [-0.1, -0.05) is 19.8 Å². The Morgan fingerprint density at radius 3 is 2.62 bits per heavy atom. The minimum Gasteiger partial charge on any atom is -0.495 e. The monoisotopic (exact) mass is 546 g/mol. The second-order valence-corrected chi connectivity index (χ2v) is 11.2. The molecule has 3 N–H and O–H groups in total. The number of ether oxygens (including phenoxy) is 1. The number of carbonyl (C=O) groups is 1. The summed E-state index contributed by atoms with van der Waals surface area (Å²) in [4.78, 5) is 26.6. The van der Waals surface area contributed by atoms with E-state index in [1.807, 2.05) is 18.2 Å². The van der Waals surface area contributed by atoms with Gasteiger partial charge in [-0.2, -0.15) is 4.98 Å². The summed E-state index contributed by atoms with van der Waals surface area (Å²) in [5, 5.41) is 12.0. The van der Waals surface area contributed by atoms with Gasteiger partial charge in [0, 0.05) is 30.6 Å².